The molecule has 0 amide bonds. The third-order valence-corrected chi connectivity index (χ3v) is 4.31. The number of thiazole rings is 1. The van der Waals surface area contributed by atoms with Crippen molar-refractivity contribution in [1.82, 2.24) is 4.98 Å². The topological polar surface area (TPSA) is 30.0 Å². The number of thioether (sulfide) groups is 1. The molecule has 1 fully saturated rings. The molecule has 1 unspecified atom stereocenters. The fourth-order valence-electron chi connectivity index (χ4n) is 1.44. The Kier molecular flexibility index (Phi) is 3.01. The van der Waals surface area contributed by atoms with Gasteiger partial charge >= 0.3 is 0 Å². The summed E-state index contributed by atoms with van der Waals surface area (Å²) in [6, 6.07) is 0. The molecule has 1 aliphatic heterocycles. The summed E-state index contributed by atoms with van der Waals surface area (Å²) in [5.74, 6) is 1.42. The van der Waals surface area contributed by atoms with Crippen molar-refractivity contribution in [1.29, 1.82) is 0 Å². The van der Waals surface area contributed by atoms with Crippen LogP contribution >= 0.6 is 23.1 Å². The zero-order valence-corrected chi connectivity index (χ0v) is 8.87. The number of nitrogens with zero attached hydrogens (tertiary/aromatic N) is 1. The van der Waals surface area contributed by atoms with Crippen molar-refractivity contribution in [3.63, 3.8) is 0 Å². The predicted octanol–water partition coefficient (Wildman–Crippen LogP) is 2.61. The summed E-state index contributed by atoms with van der Waals surface area (Å²) in [7, 11) is 0. The molecule has 1 atom stereocenters. The van der Waals surface area contributed by atoms with Gasteiger partial charge in [-0.05, 0) is 18.6 Å². The van der Waals surface area contributed by atoms with E-state index in [9.17, 15) is 4.79 Å². The molecule has 70 valence electrons. The maximum absolute atomic E-state index is 11.8. The molecule has 1 aromatic rings. The van der Waals surface area contributed by atoms with Crippen molar-refractivity contribution in [2.75, 3.05) is 5.75 Å². The van der Waals surface area contributed by atoms with Crippen LogP contribution in [0.25, 0.3) is 0 Å². The van der Waals surface area contributed by atoms with Crippen LogP contribution in [0.5, 0.6) is 0 Å². The van der Waals surface area contributed by atoms with Crippen LogP contribution in [0.3, 0.4) is 0 Å². The molecule has 2 nitrogen and oxygen atoms in total. The maximum Gasteiger partial charge on any atom is 0.187 e. The number of Topliss-reactive ketones (excluding diaryl/α,β-unsaturated/α-hetero) is 1. The molecule has 0 radical (unpaired) electrons. The van der Waals surface area contributed by atoms with E-state index >= 15 is 0 Å². The number of hydrogen-bond acceptors (Lipinski definition) is 4. The van der Waals surface area contributed by atoms with Crippen molar-refractivity contribution in [2.24, 2.45) is 0 Å². The minimum Gasteiger partial charge on any atom is -0.292 e. The molecule has 0 aromatic carbocycles. The summed E-state index contributed by atoms with van der Waals surface area (Å²) in [5, 5.41) is 0.203. The highest BCUT2D eigenvalue weighted by Gasteiger charge is 2.23. The van der Waals surface area contributed by atoms with Crippen LogP contribution in [0.2, 0.25) is 0 Å². The van der Waals surface area contributed by atoms with Gasteiger partial charge in [0.2, 0.25) is 0 Å². The fraction of sp³-hybridized carbons (Fsp3) is 0.556. The Morgan fingerprint density at radius 3 is 3.08 bits per heavy atom. The SMILES string of the molecule is O=C(c1cncs1)C1CCCCS1. The van der Waals surface area contributed by atoms with Crippen LogP contribution in [0, 0.1) is 0 Å². The highest BCUT2D eigenvalue weighted by molar-refractivity contribution is 8.00. The number of rotatable bonds is 2. The molecule has 0 saturated carbocycles. The maximum atomic E-state index is 11.8. The molecule has 0 N–H and O–H groups in total. The first kappa shape index (κ1) is 9.21. The molecule has 0 aliphatic carbocycles. The average Bonchev–Trinajstić information content (AvgIpc) is 2.71. The largest absolute Gasteiger partial charge is 0.292 e. The molecule has 13 heavy (non-hydrogen) atoms. The third-order valence-electron chi connectivity index (χ3n) is 2.15. The van der Waals surface area contributed by atoms with Crippen LogP contribution in [0.1, 0.15) is 28.9 Å². The second-order valence-electron chi connectivity index (χ2n) is 3.09. The van der Waals surface area contributed by atoms with E-state index < -0.39 is 0 Å². The molecule has 4 heteroatoms. The van der Waals surface area contributed by atoms with Crippen LogP contribution in [0.15, 0.2) is 11.7 Å². The Bertz CT molecular complexity index is 278. The monoisotopic (exact) mass is 213 g/mol. The Balaban J connectivity index is 2.04. The van der Waals surface area contributed by atoms with E-state index in [-0.39, 0.29) is 11.0 Å². The fourth-order valence-corrected chi connectivity index (χ4v) is 3.40. The van der Waals surface area contributed by atoms with Crippen molar-refractivity contribution in [3.05, 3.63) is 16.6 Å². The van der Waals surface area contributed by atoms with Gasteiger partial charge in [0.25, 0.3) is 0 Å². The van der Waals surface area contributed by atoms with Gasteiger partial charge in [0.15, 0.2) is 5.78 Å². The number of aromatic nitrogens is 1. The van der Waals surface area contributed by atoms with E-state index in [1.165, 1.54) is 24.2 Å². The van der Waals surface area contributed by atoms with E-state index in [0.717, 1.165) is 17.1 Å². The second kappa shape index (κ2) is 4.24. The molecule has 1 aliphatic rings. The summed E-state index contributed by atoms with van der Waals surface area (Å²) in [4.78, 5) is 16.6. The van der Waals surface area contributed by atoms with Gasteiger partial charge in [-0.3, -0.25) is 9.78 Å². The quantitative estimate of drug-likeness (QED) is 0.707. The summed E-state index contributed by atoms with van der Waals surface area (Å²) >= 11 is 3.25. The van der Waals surface area contributed by atoms with Gasteiger partial charge in [-0.1, -0.05) is 6.42 Å². The van der Waals surface area contributed by atoms with E-state index in [2.05, 4.69) is 4.98 Å². The van der Waals surface area contributed by atoms with Gasteiger partial charge < -0.3 is 0 Å². The minimum absolute atomic E-state index is 0.203. The standard InChI is InChI=1S/C9H11NOS2/c11-9(8-5-10-6-13-8)7-3-1-2-4-12-7/h5-7H,1-4H2. The van der Waals surface area contributed by atoms with Crippen LogP contribution in [0.4, 0.5) is 0 Å². The Morgan fingerprint density at radius 1 is 1.54 bits per heavy atom. The lowest BCUT2D eigenvalue weighted by atomic mass is 10.1. The molecule has 1 aromatic heterocycles. The van der Waals surface area contributed by atoms with Crippen LogP contribution in [-0.2, 0) is 0 Å². The third kappa shape index (κ3) is 2.11. The number of ketones is 1. The van der Waals surface area contributed by atoms with Crippen LogP contribution < -0.4 is 0 Å². The molecule has 0 spiro atoms. The van der Waals surface area contributed by atoms with E-state index in [0.29, 0.717) is 0 Å². The van der Waals surface area contributed by atoms with Gasteiger partial charge in [-0.15, -0.1) is 11.3 Å². The minimum atomic E-state index is 0.203. The first-order valence-electron chi connectivity index (χ1n) is 4.42. The molecule has 0 bridgehead atoms. The normalized spacial score (nSPS) is 22.9. The lowest BCUT2D eigenvalue weighted by Crippen LogP contribution is -2.20. The molecular formula is C9H11NOS2. The van der Waals surface area contributed by atoms with E-state index in [4.69, 9.17) is 0 Å². The number of carbonyl (C=O) groups excluding carboxylic acids is 1. The molecule has 2 heterocycles. The second-order valence-corrected chi connectivity index (χ2v) is 5.28. The van der Waals surface area contributed by atoms with E-state index in [1.54, 1.807) is 23.5 Å². The van der Waals surface area contributed by atoms with Crippen molar-refractivity contribution in [3.8, 4) is 0 Å². The van der Waals surface area contributed by atoms with Gasteiger partial charge in [-0.25, -0.2) is 0 Å². The number of carbonyl (C=O) groups is 1. The van der Waals surface area contributed by atoms with Crippen molar-refractivity contribution >= 4 is 28.9 Å². The summed E-state index contributed by atoms with van der Waals surface area (Å²) in [6.07, 6.45) is 5.18. The Labute approximate surface area is 85.8 Å². The van der Waals surface area contributed by atoms with Crippen molar-refractivity contribution < 1.29 is 4.79 Å². The van der Waals surface area contributed by atoms with Crippen molar-refractivity contribution in [2.45, 2.75) is 24.5 Å². The zero-order chi connectivity index (χ0) is 9.10. The zero-order valence-electron chi connectivity index (χ0n) is 7.23. The van der Waals surface area contributed by atoms with Gasteiger partial charge in [0, 0.05) is 6.20 Å². The highest BCUT2D eigenvalue weighted by Crippen LogP contribution is 2.28. The summed E-state index contributed by atoms with van der Waals surface area (Å²) in [6.45, 7) is 0. The van der Waals surface area contributed by atoms with Crippen LogP contribution in [-0.4, -0.2) is 21.8 Å². The average molecular weight is 213 g/mol. The van der Waals surface area contributed by atoms with E-state index in [1.807, 2.05) is 0 Å². The predicted molar refractivity (Wildman–Crippen MR) is 56.5 cm³/mol. The molecule has 1 saturated heterocycles. The smallest absolute Gasteiger partial charge is 0.187 e. The summed E-state index contributed by atoms with van der Waals surface area (Å²) in [5.41, 5.74) is 1.72. The lowest BCUT2D eigenvalue weighted by molar-refractivity contribution is 0.0988. The Morgan fingerprint density at radius 2 is 2.46 bits per heavy atom. The lowest BCUT2D eigenvalue weighted by Gasteiger charge is -2.18. The van der Waals surface area contributed by atoms with Gasteiger partial charge in [0.05, 0.1) is 15.6 Å². The molecular weight excluding hydrogens is 202 g/mol. The van der Waals surface area contributed by atoms with Gasteiger partial charge in [0.1, 0.15) is 0 Å². The first-order chi connectivity index (χ1) is 6.38. The Hall–Kier alpha value is -0.350. The van der Waals surface area contributed by atoms with Gasteiger partial charge in [-0.2, -0.15) is 11.8 Å². The first-order valence-corrected chi connectivity index (χ1v) is 6.35. The summed E-state index contributed by atoms with van der Waals surface area (Å²) < 4.78 is 0. The highest BCUT2D eigenvalue weighted by atomic mass is 32.2. The molecule has 2 rings (SSSR count). The number of hydrogen-bond donors (Lipinski definition) is 0.